The summed E-state index contributed by atoms with van der Waals surface area (Å²) >= 11 is 0. The first-order valence-corrected chi connectivity index (χ1v) is 8.22. The van der Waals surface area contributed by atoms with E-state index in [2.05, 4.69) is 9.50 Å². The average molecular weight is 381 g/mol. The molecular weight excluding hydrogens is 364 g/mol. The molecule has 11 heteroatoms. The minimum Gasteiger partial charge on any atom is -0.480 e. The van der Waals surface area contributed by atoms with Gasteiger partial charge in [-0.2, -0.15) is 8.42 Å². The molecule has 0 bridgehead atoms. The van der Waals surface area contributed by atoms with Crippen LogP contribution in [0.3, 0.4) is 0 Å². The molecule has 0 saturated carbocycles. The summed E-state index contributed by atoms with van der Waals surface area (Å²) < 4.78 is 55.5. The molecule has 0 aliphatic heterocycles. The highest BCUT2D eigenvalue weighted by Gasteiger charge is 2.25. The van der Waals surface area contributed by atoms with E-state index in [-0.39, 0.29) is 12.0 Å². The molecule has 0 aliphatic carbocycles. The number of carboxylic acid groups (broad SMARTS) is 1. The lowest BCUT2D eigenvalue weighted by Gasteiger charge is -2.22. The third-order valence-electron chi connectivity index (χ3n) is 2.61. The first-order valence-electron chi connectivity index (χ1n) is 6.91. The van der Waals surface area contributed by atoms with Gasteiger partial charge >= 0.3 is 22.6 Å². The van der Waals surface area contributed by atoms with Gasteiger partial charge in [0.05, 0.1) is 0 Å². The molecule has 25 heavy (non-hydrogen) atoms. The summed E-state index contributed by atoms with van der Waals surface area (Å²) in [5, 5.41) is 11.3. The molecule has 0 heterocycles. The van der Waals surface area contributed by atoms with E-state index in [1.807, 2.05) is 0 Å². The number of carbonyl (C=O) groups is 2. The van der Waals surface area contributed by atoms with Gasteiger partial charge in [0.25, 0.3) is 0 Å². The molecule has 2 N–H and O–H groups in total. The van der Waals surface area contributed by atoms with Crippen LogP contribution < -0.4 is 9.50 Å². The molecule has 1 rings (SSSR count). The van der Waals surface area contributed by atoms with Crippen molar-refractivity contribution in [3.8, 4) is 5.75 Å². The highest BCUT2D eigenvalue weighted by molar-refractivity contribution is 7.81. The van der Waals surface area contributed by atoms with Crippen LogP contribution in [0.2, 0.25) is 0 Å². The number of halogens is 2. The van der Waals surface area contributed by atoms with Crippen molar-refractivity contribution < 1.29 is 40.3 Å². The molecule has 0 radical (unpaired) electrons. The van der Waals surface area contributed by atoms with Crippen molar-refractivity contribution in [2.24, 2.45) is 0 Å². The molecule has 8 nitrogen and oxygen atoms in total. The number of carbonyl (C=O) groups excluding carboxylic acids is 1. The molecule has 1 amide bonds. The monoisotopic (exact) mass is 381 g/mol. The number of benzene rings is 1. The third-order valence-corrected chi connectivity index (χ3v) is 2.99. The van der Waals surface area contributed by atoms with E-state index < -0.39 is 45.8 Å². The lowest BCUT2D eigenvalue weighted by molar-refractivity contribution is -0.139. The summed E-state index contributed by atoms with van der Waals surface area (Å²) in [5.74, 6) is -3.48. The minimum atomic E-state index is -5.39. The lowest BCUT2D eigenvalue weighted by atomic mass is 10.1. The zero-order valence-corrected chi connectivity index (χ0v) is 14.4. The highest BCUT2D eigenvalue weighted by Crippen LogP contribution is 2.21. The average Bonchev–Trinajstić information content (AvgIpc) is 2.37. The van der Waals surface area contributed by atoms with E-state index in [1.165, 1.54) is 0 Å². The number of ether oxygens (including phenoxy) is 1. The van der Waals surface area contributed by atoms with E-state index in [4.69, 9.17) is 9.84 Å². The van der Waals surface area contributed by atoms with E-state index >= 15 is 0 Å². The van der Waals surface area contributed by atoms with Gasteiger partial charge in [0.1, 0.15) is 11.6 Å². The fourth-order valence-electron chi connectivity index (χ4n) is 1.73. The van der Waals surface area contributed by atoms with Crippen molar-refractivity contribution in [2.75, 3.05) is 0 Å². The first kappa shape index (κ1) is 20.6. The quantitative estimate of drug-likeness (QED) is 0.723. The summed E-state index contributed by atoms with van der Waals surface area (Å²) in [7, 11) is -5.39. The van der Waals surface area contributed by atoms with Crippen LogP contribution in [0.25, 0.3) is 0 Å². The van der Waals surface area contributed by atoms with E-state index in [0.717, 1.165) is 18.2 Å². The predicted molar refractivity (Wildman–Crippen MR) is 81.6 cm³/mol. The number of nitrogens with one attached hydrogen (secondary N) is 1. The maximum atomic E-state index is 13.7. The second kappa shape index (κ2) is 7.64. The highest BCUT2D eigenvalue weighted by atomic mass is 32.3. The number of amides is 1. The van der Waals surface area contributed by atoms with Gasteiger partial charge in [-0.25, -0.2) is 14.0 Å². The Bertz CT molecular complexity index is 759. The van der Waals surface area contributed by atoms with E-state index in [1.54, 1.807) is 20.8 Å². The molecular formula is C14H17F2NO7S. The van der Waals surface area contributed by atoms with Crippen molar-refractivity contribution >= 4 is 22.6 Å². The normalized spacial score (nSPS) is 13.0. The van der Waals surface area contributed by atoms with Crippen LogP contribution in [-0.4, -0.2) is 37.2 Å². The van der Waals surface area contributed by atoms with Gasteiger partial charge in [-0.3, -0.25) is 0 Å². The Balaban J connectivity index is 2.87. The van der Waals surface area contributed by atoms with Gasteiger partial charge in [-0.15, -0.1) is 0 Å². The van der Waals surface area contributed by atoms with Gasteiger partial charge in [-0.05, 0) is 38.5 Å². The van der Waals surface area contributed by atoms with Crippen LogP contribution in [0, 0.1) is 5.82 Å². The molecule has 1 aromatic carbocycles. The van der Waals surface area contributed by atoms with Crippen molar-refractivity contribution in [3.63, 3.8) is 0 Å². The number of rotatable bonds is 6. The SMILES string of the molecule is CC(C)(C)OC(=O)N[C@@H](Cc1ccc(OS(=O)(=O)F)c(F)c1)C(=O)O. The molecule has 140 valence electrons. The number of aliphatic carboxylic acids is 1. The van der Waals surface area contributed by atoms with Crippen LogP contribution in [0.4, 0.5) is 13.1 Å². The summed E-state index contributed by atoms with van der Waals surface area (Å²) in [6, 6.07) is 1.31. The molecule has 0 aliphatic rings. The molecule has 0 spiro atoms. The van der Waals surface area contributed by atoms with Gasteiger partial charge in [0.15, 0.2) is 11.6 Å². The molecule has 0 aromatic heterocycles. The van der Waals surface area contributed by atoms with Gasteiger partial charge < -0.3 is 19.3 Å². The zero-order chi connectivity index (χ0) is 19.4. The molecule has 0 unspecified atom stereocenters. The van der Waals surface area contributed by atoms with Gasteiger partial charge in [-0.1, -0.05) is 9.95 Å². The first-order chi connectivity index (χ1) is 11.3. The number of hydrogen-bond acceptors (Lipinski definition) is 6. The van der Waals surface area contributed by atoms with Crippen molar-refractivity contribution in [1.82, 2.24) is 5.32 Å². The van der Waals surface area contributed by atoms with Crippen molar-refractivity contribution in [3.05, 3.63) is 29.6 Å². The predicted octanol–water partition coefficient (Wildman–Crippen LogP) is 1.94. The minimum absolute atomic E-state index is 0.101. The zero-order valence-electron chi connectivity index (χ0n) is 13.6. The fraction of sp³-hybridized carbons (Fsp3) is 0.429. The van der Waals surface area contributed by atoms with E-state index in [0.29, 0.717) is 0 Å². The summed E-state index contributed by atoms with van der Waals surface area (Å²) in [4.78, 5) is 22.9. The smallest absolute Gasteiger partial charge is 0.480 e. The summed E-state index contributed by atoms with van der Waals surface area (Å²) in [6.07, 6.45) is -1.29. The maximum Gasteiger partial charge on any atom is 0.488 e. The van der Waals surface area contributed by atoms with Gasteiger partial charge in [0, 0.05) is 6.42 Å². The van der Waals surface area contributed by atoms with Crippen LogP contribution >= 0.6 is 0 Å². The topological polar surface area (TPSA) is 119 Å². The largest absolute Gasteiger partial charge is 0.488 e. The Kier molecular flexibility index (Phi) is 6.30. The Morgan fingerprint density at radius 1 is 1.32 bits per heavy atom. The fourth-order valence-corrected chi connectivity index (χ4v) is 2.08. The maximum absolute atomic E-state index is 13.7. The van der Waals surface area contributed by atoms with Crippen LogP contribution in [0.15, 0.2) is 18.2 Å². The molecule has 0 saturated heterocycles. The van der Waals surface area contributed by atoms with Crippen LogP contribution in [0.5, 0.6) is 5.75 Å². The second-order valence-electron chi connectivity index (χ2n) is 5.98. The van der Waals surface area contributed by atoms with Crippen LogP contribution in [-0.2, 0) is 26.5 Å². The van der Waals surface area contributed by atoms with Crippen molar-refractivity contribution in [1.29, 1.82) is 0 Å². The number of alkyl carbamates (subject to hydrolysis) is 1. The number of carboxylic acids is 1. The summed E-state index contributed by atoms with van der Waals surface area (Å²) in [5.41, 5.74) is -0.736. The third kappa shape index (κ3) is 7.79. The van der Waals surface area contributed by atoms with E-state index in [9.17, 15) is 26.3 Å². The molecule has 0 fully saturated rings. The molecule has 1 aromatic rings. The standard InChI is InChI=1S/C14H17F2NO7S/c1-14(2,3)23-13(20)17-10(12(18)19)7-8-4-5-11(9(15)6-8)24-25(16,21)22/h4-6,10H,7H2,1-3H3,(H,17,20)(H,18,19)/t10-/m0/s1. The van der Waals surface area contributed by atoms with Crippen LogP contribution in [0.1, 0.15) is 26.3 Å². The number of hydrogen-bond donors (Lipinski definition) is 2. The summed E-state index contributed by atoms with van der Waals surface area (Å²) in [6.45, 7) is 4.78. The Labute approximate surface area is 143 Å². The molecule has 1 atom stereocenters. The Morgan fingerprint density at radius 2 is 1.92 bits per heavy atom. The van der Waals surface area contributed by atoms with Gasteiger partial charge in [0.2, 0.25) is 0 Å². The second-order valence-corrected chi connectivity index (χ2v) is 6.94. The van der Waals surface area contributed by atoms with Crippen molar-refractivity contribution in [2.45, 2.75) is 38.8 Å². The lowest BCUT2D eigenvalue weighted by Crippen LogP contribution is -2.44. The Hall–Kier alpha value is -2.43. The Morgan fingerprint density at radius 3 is 2.36 bits per heavy atom.